The normalized spacial score (nSPS) is 11.4. The number of fused-ring (bicyclic) bond motifs is 1. The highest BCUT2D eigenvalue weighted by Crippen LogP contribution is 2.19. The Morgan fingerprint density at radius 3 is 2.60 bits per heavy atom. The van der Waals surface area contributed by atoms with Gasteiger partial charge < -0.3 is 0 Å². The van der Waals surface area contributed by atoms with Crippen molar-refractivity contribution < 1.29 is 0 Å². The molecule has 0 aliphatic carbocycles. The molecule has 4 rings (SSSR count). The van der Waals surface area contributed by atoms with Gasteiger partial charge in [-0.15, -0.1) is 0 Å². The standard InChI is InChI=1S/C19H13ClN4O/c20-17-12-18-22-15(9-8-14-5-4-10-21-13-14)11-19(25)24(18)23(17)16-6-2-1-3-7-16/h1-13H. The lowest BCUT2D eigenvalue weighted by Gasteiger charge is -2.07. The number of benzene rings is 1. The van der Waals surface area contributed by atoms with Crippen LogP contribution in [0.1, 0.15) is 11.3 Å². The van der Waals surface area contributed by atoms with Gasteiger partial charge in [0.15, 0.2) is 5.65 Å². The minimum atomic E-state index is -0.202. The highest BCUT2D eigenvalue weighted by atomic mass is 35.5. The van der Waals surface area contributed by atoms with Crippen LogP contribution >= 0.6 is 11.6 Å². The second-order valence-electron chi connectivity index (χ2n) is 5.42. The molecular formula is C19H13ClN4O. The van der Waals surface area contributed by atoms with Gasteiger partial charge in [0.1, 0.15) is 5.15 Å². The van der Waals surface area contributed by atoms with Gasteiger partial charge in [-0.2, -0.15) is 4.52 Å². The van der Waals surface area contributed by atoms with Crippen molar-refractivity contribution in [3.63, 3.8) is 0 Å². The van der Waals surface area contributed by atoms with Crippen LogP contribution in [0, 0.1) is 0 Å². The molecule has 0 fully saturated rings. The van der Waals surface area contributed by atoms with Gasteiger partial charge >= 0.3 is 0 Å². The Kier molecular flexibility index (Phi) is 3.91. The third-order valence-corrected chi connectivity index (χ3v) is 3.99. The van der Waals surface area contributed by atoms with Gasteiger partial charge in [-0.3, -0.25) is 9.78 Å². The Bertz CT molecular complexity index is 1110. The lowest BCUT2D eigenvalue weighted by molar-refractivity contribution is 0.764. The molecule has 25 heavy (non-hydrogen) atoms. The van der Waals surface area contributed by atoms with Crippen molar-refractivity contribution in [3.8, 4) is 5.69 Å². The number of para-hydroxylation sites is 1. The summed E-state index contributed by atoms with van der Waals surface area (Å²) in [4.78, 5) is 21.2. The van der Waals surface area contributed by atoms with E-state index in [0.29, 0.717) is 16.5 Å². The van der Waals surface area contributed by atoms with Gasteiger partial charge in [-0.25, -0.2) is 9.67 Å². The van der Waals surface area contributed by atoms with Crippen molar-refractivity contribution in [3.05, 3.63) is 93.8 Å². The van der Waals surface area contributed by atoms with Crippen LogP contribution in [0.15, 0.2) is 71.8 Å². The highest BCUT2D eigenvalue weighted by molar-refractivity contribution is 6.30. The van der Waals surface area contributed by atoms with E-state index in [-0.39, 0.29) is 5.56 Å². The van der Waals surface area contributed by atoms with Crippen LogP contribution in [0.2, 0.25) is 5.15 Å². The van der Waals surface area contributed by atoms with Crippen molar-refractivity contribution in [2.24, 2.45) is 0 Å². The maximum Gasteiger partial charge on any atom is 0.273 e. The Labute approximate surface area is 148 Å². The summed E-state index contributed by atoms with van der Waals surface area (Å²) in [5.74, 6) is 0. The van der Waals surface area contributed by atoms with Crippen molar-refractivity contribution in [1.29, 1.82) is 0 Å². The average molecular weight is 349 g/mol. The summed E-state index contributed by atoms with van der Waals surface area (Å²) in [6.45, 7) is 0. The minimum absolute atomic E-state index is 0.202. The number of pyridine rings is 1. The maximum absolute atomic E-state index is 12.6. The molecule has 0 atom stereocenters. The van der Waals surface area contributed by atoms with Crippen LogP contribution in [0.25, 0.3) is 23.5 Å². The van der Waals surface area contributed by atoms with Gasteiger partial charge in [0.05, 0.1) is 11.4 Å². The Morgan fingerprint density at radius 2 is 1.84 bits per heavy atom. The molecule has 0 bridgehead atoms. The first kappa shape index (κ1) is 15.4. The SMILES string of the molecule is O=c1cc(C=Cc2cccnc2)nc2cc(Cl)n(-c3ccccc3)n12. The first-order valence-electron chi connectivity index (χ1n) is 7.67. The van der Waals surface area contributed by atoms with Crippen molar-refractivity contribution >= 4 is 29.4 Å². The molecule has 5 nitrogen and oxygen atoms in total. The summed E-state index contributed by atoms with van der Waals surface area (Å²) in [5.41, 5.74) is 2.59. The molecule has 122 valence electrons. The van der Waals surface area contributed by atoms with E-state index in [2.05, 4.69) is 9.97 Å². The largest absolute Gasteiger partial charge is 0.273 e. The number of aromatic nitrogens is 4. The van der Waals surface area contributed by atoms with E-state index in [0.717, 1.165) is 11.3 Å². The molecule has 0 radical (unpaired) electrons. The van der Waals surface area contributed by atoms with Gasteiger partial charge in [-0.1, -0.05) is 41.9 Å². The molecular weight excluding hydrogens is 336 g/mol. The quantitative estimate of drug-likeness (QED) is 0.567. The van der Waals surface area contributed by atoms with E-state index in [1.54, 1.807) is 29.2 Å². The smallest absolute Gasteiger partial charge is 0.267 e. The molecule has 0 spiro atoms. The second-order valence-corrected chi connectivity index (χ2v) is 5.81. The zero-order valence-electron chi connectivity index (χ0n) is 13.1. The molecule has 0 saturated heterocycles. The molecule has 3 heterocycles. The number of nitrogens with zero attached hydrogens (tertiary/aromatic N) is 4. The van der Waals surface area contributed by atoms with Gasteiger partial charge in [0, 0.05) is 24.5 Å². The number of rotatable bonds is 3. The summed E-state index contributed by atoms with van der Waals surface area (Å²) < 4.78 is 3.10. The number of hydrogen-bond acceptors (Lipinski definition) is 3. The predicted molar refractivity (Wildman–Crippen MR) is 99.0 cm³/mol. The fourth-order valence-electron chi connectivity index (χ4n) is 2.62. The molecule has 0 aliphatic rings. The van der Waals surface area contributed by atoms with Crippen LogP contribution in [0.4, 0.5) is 0 Å². The van der Waals surface area contributed by atoms with E-state index >= 15 is 0 Å². The zero-order chi connectivity index (χ0) is 17.2. The first-order valence-corrected chi connectivity index (χ1v) is 8.05. The van der Waals surface area contributed by atoms with Gasteiger partial charge in [0.25, 0.3) is 5.56 Å². The molecule has 0 saturated carbocycles. The van der Waals surface area contributed by atoms with Crippen LogP contribution in [-0.2, 0) is 0 Å². The van der Waals surface area contributed by atoms with E-state index in [1.807, 2.05) is 48.5 Å². The molecule has 3 aromatic heterocycles. The van der Waals surface area contributed by atoms with Crippen LogP contribution in [0.3, 0.4) is 0 Å². The molecule has 0 amide bonds. The zero-order valence-corrected chi connectivity index (χ0v) is 13.8. The third-order valence-electron chi connectivity index (χ3n) is 3.72. The molecule has 4 aromatic rings. The summed E-state index contributed by atoms with van der Waals surface area (Å²) in [6, 6.07) is 16.4. The van der Waals surface area contributed by atoms with E-state index in [9.17, 15) is 4.79 Å². The summed E-state index contributed by atoms with van der Waals surface area (Å²) in [6.07, 6.45) is 7.10. The molecule has 0 N–H and O–H groups in total. The van der Waals surface area contributed by atoms with Crippen LogP contribution < -0.4 is 5.56 Å². The Hall–Kier alpha value is -3.18. The molecule has 6 heteroatoms. The average Bonchev–Trinajstić information content (AvgIpc) is 2.98. The topological polar surface area (TPSA) is 52.2 Å². The van der Waals surface area contributed by atoms with Crippen molar-refractivity contribution in [2.75, 3.05) is 0 Å². The Morgan fingerprint density at radius 1 is 1.00 bits per heavy atom. The molecule has 1 aromatic carbocycles. The van der Waals surface area contributed by atoms with E-state index in [4.69, 9.17) is 11.6 Å². The first-order chi connectivity index (χ1) is 12.2. The molecule has 0 unspecified atom stereocenters. The van der Waals surface area contributed by atoms with Crippen LogP contribution in [0.5, 0.6) is 0 Å². The van der Waals surface area contributed by atoms with E-state index < -0.39 is 0 Å². The van der Waals surface area contributed by atoms with E-state index in [1.165, 1.54) is 10.6 Å². The predicted octanol–water partition coefficient (Wildman–Crippen LogP) is 3.70. The fraction of sp³-hybridized carbons (Fsp3) is 0. The van der Waals surface area contributed by atoms with Gasteiger partial charge in [-0.05, 0) is 29.8 Å². The van der Waals surface area contributed by atoms with Crippen molar-refractivity contribution in [1.82, 2.24) is 19.2 Å². The Balaban J connectivity index is 1.82. The molecule has 0 aliphatic heterocycles. The third kappa shape index (κ3) is 2.97. The summed E-state index contributed by atoms with van der Waals surface area (Å²) in [7, 11) is 0. The number of halogens is 1. The lowest BCUT2D eigenvalue weighted by atomic mass is 10.2. The lowest BCUT2D eigenvalue weighted by Crippen LogP contribution is -2.20. The van der Waals surface area contributed by atoms with Crippen molar-refractivity contribution in [2.45, 2.75) is 0 Å². The maximum atomic E-state index is 12.6. The second kappa shape index (κ2) is 6.37. The minimum Gasteiger partial charge on any atom is -0.267 e. The highest BCUT2D eigenvalue weighted by Gasteiger charge is 2.12. The summed E-state index contributed by atoms with van der Waals surface area (Å²) in [5, 5.41) is 0.421. The van der Waals surface area contributed by atoms with Gasteiger partial charge in [0.2, 0.25) is 0 Å². The number of hydrogen-bond donors (Lipinski definition) is 0. The fourth-order valence-corrected chi connectivity index (χ4v) is 2.89. The monoisotopic (exact) mass is 348 g/mol. The summed E-state index contributed by atoms with van der Waals surface area (Å²) >= 11 is 6.34. The van der Waals surface area contributed by atoms with Crippen LogP contribution in [-0.4, -0.2) is 19.2 Å².